The summed E-state index contributed by atoms with van der Waals surface area (Å²) in [5.41, 5.74) is 1.28. The molecule has 0 bridgehead atoms. The van der Waals surface area contributed by atoms with Gasteiger partial charge in [0.05, 0.1) is 7.11 Å². The minimum absolute atomic E-state index is 0.415. The maximum absolute atomic E-state index is 5.90. The van der Waals surface area contributed by atoms with Crippen LogP contribution in [-0.2, 0) is 6.42 Å². The number of hydrogen-bond donors (Lipinski definition) is 1. The molecule has 112 valence electrons. The van der Waals surface area contributed by atoms with Crippen LogP contribution in [0.2, 0.25) is 5.02 Å². The first kappa shape index (κ1) is 16.2. The summed E-state index contributed by atoms with van der Waals surface area (Å²) >= 11 is 7.74. The number of benzene rings is 2. The molecule has 1 unspecified atom stereocenters. The first-order valence-electron chi connectivity index (χ1n) is 6.90. The van der Waals surface area contributed by atoms with Crippen LogP contribution in [0.5, 0.6) is 5.75 Å². The third-order valence-corrected chi connectivity index (χ3v) is 4.72. The van der Waals surface area contributed by atoms with Crippen LogP contribution in [0.15, 0.2) is 53.4 Å². The molecule has 2 nitrogen and oxygen atoms in total. The molecule has 0 saturated carbocycles. The van der Waals surface area contributed by atoms with E-state index in [1.54, 1.807) is 7.11 Å². The Kier molecular flexibility index (Phi) is 6.43. The predicted molar refractivity (Wildman–Crippen MR) is 91.7 cm³/mol. The van der Waals surface area contributed by atoms with E-state index < -0.39 is 0 Å². The van der Waals surface area contributed by atoms with Crippen LogP contribution in [0.4, 0.5) is 0 Å². The van der Waals surface area contributed by atoms with Gasteiger partial charge in [-0.05, 0) is 55.4 Å². The topological polar surface area (TPSA) is 21.3 Å². The zero-order valence-electron chi connectivity index (χ0n) is 12.3. The van der Waals surface area contributed by atoms with E-state index in [4.69, 9.17) is 16.3 Å². The van der Waals surface area contributed by atoms with Crippen molar-refractivity contribution in [1.29, 1.82) is 0 Å². The molecule has 0 heterocycles. The van der Waals surface area contributed by atoms with Gasteiger partial charge in [-0.15, -0.1) is 11.8 Å². The maximum Gasteiger partial charge on any atom is 0.119 e. The summed E-state index contributed by atoms with van der Waals surface area (Å²) in [4.78, 5) is 1.24. The molecule has 2 aromatic rings. The molecule has 0 aromatic heterocycles. The molecule has 0 aliphatic heterocycles. The van der Waals surface area contributed by atoms with Gasteiger partial charge >= 0.3 is 0 Å². The fourth-order valence-electron chi connectivity index (χ4n) is 2.06. The molecular formula is C17H20ClNOS. The summed E-state index contributed by atoms with van der Waals surface area (Å²) in [7, 11) is 3.71. The van der Waals surface area contributed by atoms with Crippen LogP contribution < -0.4 is 10.1 Å². The van der Waals surface area contributed by atoms with E-state index in [0.717, 1.165) is 22.9 Å². The van der Waals surface area contributed by atoms with Crippen molar-refractivity contribution >= 4 is 23.4 Å². The molecule has 0 amide bonds. The van der Waals surface area contributed by atoms with Crippen LogP contribution in [0, 0.1) is 0 Å². The zero-order valence-corrected chi connectivity index (χ0v) is 13.9. The fraction of sp³-hybridized carbons (Fsp3) is 0.294. The highest BCUT2D eigenvalue weighted by Crippen LogP contribution is 2.22. The summed E-state index contributed by atoms with van der Waals surface area (Å²) in [6.07, 6.45) is 0.980. The van der Waals surface area contributed by atoms with E-state index in [1.807, 2.05) is 43.1 Å². The molecule has 1 atom stereocenters. The lowest BCUT2D eigenvalue weighted by atomic mass is 10.1. The number of thioether (sulfide) groups is 1. The Balaban J connectivity index is 1.91. The Labute approximate surface area is 135 Å². The third-order valence-electron chi connectivity index (χ3n) is 3.29. The van der Waals surface area contributed by atoms with Gasteiger partial charge in [-0.2, -0.15) is 0 Å². The van der Waals surface area contributed by atoms with E-state index in [0.29, 0.717) is 6.04 Å². The van der Waals surface area contributed by atoms with E-state index in [-0.39, 0.29) is 0 Å². The smallest absolute Gasteiger partial charge is 0.119 e. The van der Waals surface area contributed by atoms with E-state index in [9.17, 15) is 0 Å². The molecule has 0 radical (unpaired) electrons. The van der Waals surface area contributed by atoms with Crippen LogP contribution in [0.1, 0.15) is 5.56 Å². The molecule has 0 aliphatic rings. The van der Waals surface area contributed by atoms with Gasteiger partial charge in [-0.1, -0.05) is 23.7 Å². The van der Waals surface area contributed by atoms with Crippen molar-refractivity contribution in [3.05, 3.63) is 59.1 Å². The summed E-state index contributed by atoms with van der Waals surface area (Å²) in [5.74, 6) is 1.92. The quantitative estimate of drug-likeness (QED) is 0.769. The molecule has 1 N–H and O–H groups in total. The molecular weight excluding hydrogens is 302 g/mol. The molecule has 0 fully saturated rings. The lowest BCUT2D eigenvalue weighted by molar-refractivity contribution is 0.414. The number of hydrogen-bond acceptors (Lipinski definition) is 3. The number of ether oxygens (including phenoxy) is 1. The number of nitrogens with one attached hydrogen (secondary N) is 1. The minimum atomic E-state index is 0.415. The lowest BCUT2D eigenvalue weighted by Crippen LogP contribution is -2.30. The normalized spacial score (nSPS) is 12.1. The van der Waals surface area contributed by atoms with E-state index in [2.05, 4.69) is 29.6 Å². The summed E-state index contributed by atoms with van der Waals surface area (Å²) in [6.45, 7) is 0. The third kappa shape index (κ3) is 5.27. The molecule has 4 heteroatoms. The first-order chi connectivity index (χ1) is 10.2. The van der Waals surface area contributed by atoms with Crippen molar-refractivity contribution in [3.8, 4) is 5.75 Å². The van der Waals surface area contributed by atoms with Crippen molar-refractivity contribution in [2.45, 2.75) is 17.4 Å². The second-order valence-electron chi connectivity index (χ2n) is 4.81. The number of halogens is 1. The molecule has 2 rings (SSSR count). The Bertz CT molecular complexity index is 559. The molecule has 2 aromatic carbocycles. The van der Waals surface area contributed by atoms with E-state index in [1.165, 1.54) is 10.5 Å². The Hall–Kier alpha value is -1.16. The standard InChI is InChI=1S/C17H20ClNOS/c1-19-15(10-13-4-3-5-16(11-13)20-2)12-21-17-8-6-14(18)7-9-17/h3-9,11,15,19H,10,12H2,1-2H3. The van der Waals surface area contributed by atoms with Crippen molar-refractivity contribution in [1.82, 2.24) is 5.32 Å². The SMILES string of the molecule is CNC(CSc1ccc(Cl)cc1)Cc1cccc(OC)c1. The maximum atomic E-state index is 5.90. The number of methoxy groups -OCH3 is 1. The summed E-state index contributed by atoms with van der Waals surface area (Å²) in [5, 5.41) is 4.16. The predicted octanol–water partition coefficient (Wildman–Crippen LogP) is 4.27. The van der Waals surface area contributed by atoms with Crippen molar-refractivity contribution < 1.29 is 4.74 Å². The van der Waals surface area contributed by atoms with Gasteiger partial charge < -0.3 is 10.1 Å². The average molecular weight is 322 g/mol. The van der Waals surface area contributed by atoms with Crippen LogP contribution in [0.3, 0.4) is 0 Å². The zero-order chi connectivity index (χ0) is 15.1. The Morgan fingerprint density at radius 2 is 1.95 bits per heavy atom. The van der Waals surface area contributed by atoms with Crippen LogP contribution in [-0.4, -0.2) is 26.0 Å². The largest absolute Gasteiger partial charge is 0.497 e. The Morgan fingerprint density at radius 1 is 1.19 bits per heavy atom. The van der Waals surface area contributed by atoms with Gasteiger partial charge in [0.1, 0.15) is 5.75 Å². The number of rotatable bonds is 7. The first-order valence-corrected chi connectivity index (χ1v) is 8.26. The average Bonchev–Trinajstić information content (AvgIpc) is 2.53. The fourth-order valence-corrected chi connectivity index (χ4v) is 3.19. The van der Waals surface area contributed by atoms with Gasteiger partial charge in [0.25, 0.3) is 0 Å². The van der Waals surface area contributed by atoms with Gasteiger partial charge in [0, 0.05) is 21.7 Å². The highest BCUT2D eigenvalue weighted by atomic mass is 35.5. The van der Waals surface area contributed by atoms with Gasteiger partial charge in [0.2, 0.25) is 0 Å². The van der Waals surface area contributed by atoms with Gasteiger partial charge in [0.15, 0.2) is 0 Å². The van der Waals surface area contributed by atoms with Crippen molar-refractivity contribution in [3.63, 3.8) is 0 Å². The van der Waals surface area contributed by atoms with Crippen LogP contribution in [0.25, 0.3) is 0 Å². The molecule has 0 spiro atoms. The Morgan fingerprint density at radius 3 is 2.62 bits per heavy atom. The highest BCUT2D eigenvalue weighted by molar-refractivity contribution is 7.99. The minimum Gasteiger partial charge on any atom is -0.497 e. The highest BCUT2D eigenvalue weighted by Gasteiger charge is 2.09. The lowest BCUT2D eigenvalue weighted by Gasteiger charge is -2.16. The van der Waals surface area contributed by atoms with Crippen molar-refractivity contribution in [2.75, 3.05) is 19.9 Å². The van der Waals surface area contributed by atoms with E-state index >= 15 is 0 Å². The second kappa shape index (κ2) is 8.32. The monoisotopic (exact) mass is 321 g/mol. The second-order valence-corrected chi connectivity index (χ2v) is 6.34. The molecule has 21 heavy (non-hydrogen) atoms. The summed E-state index contributed by atoms with van der Waals surface area (Å²) in [6, 6.07) is 16.6. The van der Waals surface area contributed by atoms with Gasteiger partial charge in [-0.3, -0.25) is 0 Å². The van der Waals surface area contributed by atoms with Gasteiger partial charge in [-0.25, -0.2) is 0 Å². The molecule has 0 aliphatic carbocycles. The molecule has 0 saturated heterocycles. The van der Waals surface area contributed by atoms with Crippen molar-refractivity contribution in [2.24, 2.45) is 0 Å². The van der Waals surface area contributed by atoms with Crippen LogP contribution >= 0.6 is 23.4 Å². The number of likely N-dealkylation sites (N-methyl/N-ethyl adjacent to an activating group) is 1. The summed E-state index contributed by atoms with van der Waals surface area (Å²) < 4.78 is 5.27.